The summed E-state index contributed by atoms with van der Waals surface area (Å²) < 4.78 is 0. The van der Waals surface area contributed by atoms with E-state index < -0.39 is 0 Å². The Bertz CT molecular complexity index is 641. The third-order valence-electron chi connectivity index (χ3n) is 4.68. The predicted molar refractivity (Wildman–Crippen MR) is 84.3 cm³/mol. The number of fused-ring (bicyclic) bond motifs is 1. The lowest BCUT2D eigenvalue weighted by Gasteiger charge is -2.45. The topological polar surface area (TPSA) is 52.7 Å². The van der Waals surface area contributed by atoms with Crippen LogP contribution in [0, 0.1) is 6.92 Å². The Balaban J connectivity index is 2.05. The molecule has 0 bridgehead atoms. The first-order valence-electron chi connectivity index (χ1n) is 7.57. The highest BCUT2D eigenvalue weighted by Crippen LogP contribution is 2.39. The van der Waals surface area contributed by atoms with Gasteiger partial charge in [0, 0.05) is 32.1 Å². The van der Waals surface area contributed by atoms with Gasteiger partial charge in [-0.3, -0.25) is 4.79 Å². The fourth-order valence-corrected chi connectivity index (χ4v) is 3.58. The number of aryl methyl sites for hydroxylation is 1. The molecule has 0 saturated carbocycles. The quantitative estimate of drug-likeness (QED) is 0.805. The van der Waals surface area contributed by atoms with Gasteiger partial charge in [-0.05, 0) is 18.1 Å². The van der Waals surface area contributed by atoms with E-state index in [9.17, 15) is 9.59 Å². The van der Waals surface area contributed by atoms with E-state index in [0.29, 0.717) is 25.1 Å². The summed E-state index contributed by atoms with van der Waals surface area (Å²) in [7, 11) is 1.64. The molecule has 0 aromatic heterocycles. The van der Waals surface area contributed by atoms with E-state index in [2.05, 4.69) is 11.9 Å². The molecule has 2 aliphatic heterocycles. The molecular formula is C17H21N3O2. The summed E-state index contributed by atoms with van der Waals surface area (Å²) in [4.78, 5) is 28.3. The first kappa shape index (κ1) is 14.6. The number of piperazine rings is 1. The van der Waals surface area contributed by atoms with Crippen LogP contribution in [0.25, 0.3) is 0 Å². The van der Waals surface area contributed by atoms with Crippen LogP contribution in [0.2, 0.25) is 0 Å². The molecule has 2 atom stereocenters. The van der Waals surface area contributed by atoms with E-state index >= 15 is 0 Å². The van der Waals surface area contributed by atoms with Crippen molar-refractivity contribution in [2.24, 2.45) is 0 Å². The number of benzene rings is 1. The maximum atomic E-state index is 12.3. The molecule has 5 heteroatoms. The predicted octanol–water partition coefficient (Wildman–Crippen LogP) is 1.85. The number of nitrogens with one attached hydrogen (secondary N) is 1. The van der Waals surface area contributed by atoms with Crippen LogP contribution in [-0.2, 0) is 4.79 Å². The zero-order valence-corrected chi connectivity index (χ0v) is 13.0. The largest absolute Gasteiger partial charge is 0.341 e. The molecule has 5 nitrogen and oxygen atoms in total. The van der Waals surface area contributed by atoms with Gasteiger partial charge in [-0.15, -0.1) is 0 Å². The summed E-state index contributed by atoms with van der Waals surface area (Å²) in [6.45, 7) is 7.04. The molecule has 1 N–H and O–H groups in total. The van der Waals surface area contributed by atoms with Gasteiger partial charge in [0.1, 0.15) is 0 Å². The van der Waals surface area contributed by atoms with Crippen LogP contribution in [0.5, 0.6) is 0 Å². The number of hydrogen-bond acceptors (Lipinski definition) is 2. The Morgan fingerprint density at radius 3 is 2.73 bits per heavy atom. The molecule has 2 fully saturated rings. The molecule has 1 aromatic rings. The molecule has 0 aliphatic carbocycles. The van der Waals surface area contributed by atoms with Gasteiger partial charge in [0.25, 0.3) is 0 Å². The lowest BCUT2D eigenvalue weighted by Crippen LogP contribution is -2.56. The molecule has 22 heavy (non-hydrogen) atoms. The Morgan fingerprint density at radius 1 is 1.32 bits per heavy atom. The smallest absolute Gasteiger partial charge is 0.317 e. The van der Waals surface area contributed by atoms with Crippen LogP contribution < -0.4 is 5.32 Å². The molecule has 3 amide bonds. The van der Waals surface area contributed by atoms with Crippen molar-refractivity contribution >= 4 is 11.9 Å². The van der Waals surface area contributed by atoms with Gasteiger partial charge < -0.3 is 15.1 Å². The zero-order chi connectivity index (χ0) is 15.9. The van der Waals surface area contributed by atoms with Crippen molar-refractivity contribution in [2.45, 2.75) is 25.4 Å². The van der Waals surface area contributed by atoms with Gasteiger partial charge in [0.05, 0.1) is 12.1 Å². The number of carbonyl (C=O) groups is 2. The van der Waals surface area contributed by atoms with Gasteiger partial charge in [0.15, 0.2) is 0 Å². The van der Waals surface area contributed by atoms with E-state index in [0.717, 1.165) is 11.1 Å². The van der Waals surface area contributed by atoms with Crippen LogP contribution >= 0.6 is 0 Å². The minimum absolute atomic E-state index is 0.0212. The molecule has 2 heterocycles. The SMILES string of the molecule is C=C1CC2C(c3ccccc3C)N(C(=O)NC)CCN2C1=O. The second-order valence-electron chi connectivity index (χ2n) is 5.92. The minimum Gasteiger partial charge on any atom is -0.341 e. The van der Waals surface area contributed by atoms with Crippen molar-refractivity contribution in [1.29, 1.82) is 0 Å². The van der Waals surface area contributed by atoms with E-state index in [1.165, 1.54) is 0 Å². The number of urea groups is 1. The summed E-state index contributed by atoms with van der Waals surface area (Å²) >= 11 is 0. The van der Waals surface area contributed by atoms with Crippen molar-refractivity contribution in [1.82, 2.24) is 15.1 Å². The van der Waals surface area contributed by atoms with Crippen LogP contribution in [0.3, 0.4) is 0 Å². The van der Waals surface area contributed by atoms with E-state index in [4.69, 9.17) is 0 Å². The molecule has 0 radical (unpaired) electrons. The Hall–Kier alpha value is -2.30. The van der Waals surface area contributed by atoms with Crippen LogP contribution in [-0.4, -0.2) is 47.9 Å². The molecule has 0 spiro atoms. The number of rotatable bonds is 1. The fourth-order valence-electron chi connectivity index (χ4n) is 3.58. The summed E-state index contributed by atoms with van der Waals surface area (Å²) in [5.74, 6) is 0.0279. The number of amides is 3. The van der Waals surface area contributed by atoms with Gasteiger partial charge in [-0.25, -0.2) is 4.79 Å². The average molecular weight is 299 g/mol. The number of hydrogen-bond donors (Lipinski definition) is 1. The fraction of sp³-hybridized carbons (Fsp3) is 0.412. The maximum absolute atomic E-state index is 12.3. The van der Waals surface area contributed by atoms with E-state index in [1.54, 1.807) is 7.05 Å². The van der Waals surface area contributed by atoms with Crippen molar-refractivity contribution in [3.63, 3.8) is 0 Å². The zero-order valence-electron chi connectivity index (χ0n) is 13.0. The van der Waals surface area contributed by atoms with Gasteiger partial charge in [-0.2, -0.15) is 0 Å². The summed E-state index contributed by atoms with van der Waals surface area (Å²) in [6, 6.07) is 7.81. The second-order valence-corrected chi connectivity index (χ2v) is 5.92. The lowest BCUT2D eigenvalue weighted by molar-refractivity contribution is -0.129. The number of nitrogens with zero attached hydrogens (tertiary/aromatic N) is 2. The Labute approximate surface area is 130 Å². The van der Waals surface area contributed by atoms with E-state index in [1.807, 2.05) is 41.0 Å². The molecule has 116 valence electrons. The van der Waals surface area contributed by atoms with Crippen LogP contribution in [0.4, 0.5) is 4.79 Å². The van der Waals surface area contributed by atoms with E-state index in [-0.39, 0.29) is 24.0 Å². The van der Waals surface area contributed by atoms with Crippen LogP contribution in [0.1, 0.15) is 23.6 Å². The van der Waals surface area contributed by atoms with Gasteiger partial charge >= 0.3 is 6.03 Å². The second kappa shape index (κ2) is 5.48. The maximum Gasteiger partial charge on any atom is 0.317 e. The first-order valence-corrected chi connectivity index (χ1v) is 7.57. The van der Waals surface area contributed by atoms with Gasteiger partial charge in [0.2, 0.25) is 5.91 Å². The molecule has 2 unspecified atom stereocenters. The standard InChI is InChI=1S/C17H21N3O2/c1-11-6-4-5-7-13(11)15-14-10-12(2)16(21)19(14)8-9-20(15)17(22)18-3/h4-7,14-15H,2,8-10H2,1,3H3,(H,18,22). The molecule has 1 aromatic carbocycles. The van der Waals surface area contributed by atoms with Crippen LogP contribution in [0.15, 0.2) is 36.4 Å². The third kappa shape index (κ3) is 2.17. The highest BCUT2D eigenvalue weighted by Gasteiger charge is 2.46. The Morgan fingerprint density at radius 2 is 2.05 bits per heavy atom. The monoisotopic (exact) mass is 299 g/mol. The minimum atomic E-state index is -0.127. The summed E-state index contributed by atoms with van der Waals surface area (Å²) in [6.07, 6.45) is 0.616. The van der Waals surface area contributed by atoms with Crippen molar-refractivity contribution in [2.75, 3.05) is 20.1 Å². The third-order valence-corrected chi connectivity index (χ3v) is 4.68. The molecule has 3 rings (SSSR count). The molecule has 2 aliphatic rings. The highest BCUT2D eigenvalue weighted by atomic mass is 16.2. The molecular weight excluding hydrogens is 278 g/mol. The molecule has 2 saturated heterocycles. The highest BCUT2D eigenvalue weighted by molar-refractivity contribution is 5.96. The summed E-state index contributed by atoms with van der Waals surface area (Å²) in [5.41, 5.74) is 2.87. The van der Waals surface area contributed by atoms with Crippen molar-refractivity contribution < 1.29 is 9.59 Å². The Kier molecular flexibility index (Phi) is 3.64. The van der Waals surface area contributed by atoms with Crippen molar-refractivity contribution in [3.8, 4) is 0 Å². The number of carbonyl (C=O) groups excluding carboxylic acids is 2. The lowest BCUT2D eigenvalue weighted by atomic mass is 9.90. The average Bonchev–Trinajstić information content (AvgIpc) is 2.81. The first-order chi connectivity index (χ1) is 10.5. The normalized spacial score (nSPS) is 24.5. The van der Waals surface area contributed by atoms with Gasteiger partial charge in [-0.1, -0.05) is 30.8 Å². The summed E-state index contributed by atoms with van der Waals surface area (Å²) in [5, 5.41) is 2.72. The van der Waals surface area contributed by atoms with Crippen molar-refractivity contribution in [3.05, 3.63) is 47.5 Å².